The average Bonchev–Trinajstić information content (AvgIpc) is 2.66. The van der Waals surface area contributed by atoms with Crippen LogP contribution in [0.5, 0.6) is 0 Å². The van der Waals surface area contributed by atoms with Crippen LogP contribution in [0, 0.1) is 5.92 Å². The van der Waals surface area contributed by atoms with Crippen molar-refractivity contribution >= 4 is 5.97 Å². The molecule has 0 N–H and O–H groups in total. The van der Waals surface area contributed by atoms with Crippen molar-refractivity contribution in [2.75, 3.05) is 6.61 Å². The molecule has 1 aromatic rings. The van der Waals surface area contributed by atoms with Gasteiger partial charge in [0, 0.05) is 6.42 Å². The lowest BCUT2D eigenvalue weighted by atomic mass is 9.95. The fraction of sp³-hybridized carbons (Fsp3) is 0.714. The van der Waals surface area contributed by atoms with E-state index in [1.165, 1.54) is 44.9 Å². The zero-order chi connectivity index (χ0) is 12.8. The van der Waals surface area contributed by atoms with E-state index in [2.05, 4.69) is 4.98 Å². The normalized spacial score (nSPS) is 17.4. The number of carbonyl (C=O) groups excluding carboxylic acids is 1. The highest BCUT2D eigenvalue weighted by Crippen LogP contribution is 2.27. The average molecular weight is 251 g/mol. The summed E-state index contributed by atoms with van der Waals surface area (Å²) < 4.78 is 10.3. The summed E-state index contributed by atoms with van der Waals surface area (Å²) in [5.41, 5.74) is 0.362. The van der Waals surface area contributed by atoms with Crippen LogP contribution in [0.4, 0.5) is 0 Å². The SMILES string of the molecule is CCOC(=O)c1ncoc1CC1CCCCCC1. The van der Waals surface area contributed by atoms with Crippen molar-refractivity contribution in [3.63, 3.8) is 0 Å². The van der Waals surface area contributed by atoms with E-state index in [4.69, 9.17) is 9.15 Å². The Balaban J connectivity index is 2.00. The van der Waals surface area contributed by atoms with Crippen LogP contribution in [0.2, 0.25) is 0 Å². The van der Waals surface area contributed by atoms with Gasteiger partial charge in [-0.25, -0.2) is 9.78 Å². The van der Waals surface area contributed by atoms with Gasteiger partial charge in [-0.2, -0.15) is 0 Å². The lowest BCUT2D eigenvalue weighted by molar-refractivity contribution is 0.0517. The third kappa shape index (κ3) is 3.34. The van der Waals surface area contributed by atoms with E-state index in [1.807, 2.05) is 0 Å². The van der Waals surface area contributed by atoms with Gasteiger partial charge in [-0.05, 0) is 12.8 Å². The van der Waals surface area contributed by atoms with Crippen LogP contribution >= 0.6 is 0 Å². The third-order valence-corrected chi connectivity index (χ3v) is 3.56. The summed E-state index contributed by atoms with van der Waals surface area (Å²) in [5, 5.41) is 0. The topological polar surface area (TPSA) is 52.3 Å². The lowest BCUT2D eigenvalue weighted by Gasteiger charge is -2.12. The Labute approximate surface area is 108 Å². The van der Waals surface area contributed by atoms with Crippen LogP contribution in [-0.2, 0) is 11.2 Å². The molecule has 1 aromatic heterocycles. The monoisotopic (exact) mass is 251 g/mol. The Morgan fingerprint density at radius 2 is 2.11 bits per heavy atom. The van der Waals surface area contributed by atoms with Gasteiger partial charge in [0.25, 0.3) is 0 Å². The first kappa shape index (κ1) is 13.1. The molecule has 100 valence electrons. The van der Waals surface area contributed by atoms with E-state index in [-0.39, 0.29) is 5.97 Å². The minimum absolute atomic E-state index is 0.362. The number of nitrogens with zero attached hydrogens (tertiary/aromatic N) is 1. The third-order valence-electron chi connectivity index (χ3n) is 3.56. The van der Waals surface area contributed by atoms with Crippen molar-refractivity contribution < 1.29 is 13.9 Å². The molecule has 0 amide bonds. The maximum Gasteiger partial charge on any atom is 0.360 e. The zero-order valence-corrected chi connectivity index (χ0v) is 11.0. The molecule has 18 heavy (non-hydrogen) atoms. The molecule has 4 heteroatoms. The molecule has 1 aliphatic carbocycles. The molecular weight excluding hydrogens is 230 g/mol. The summed E-state index contributed by atoms with van der Waals surface area (Å²) in [7, 11) is 0. The lowest BCUT2D eigenvalue weighted by Crippen LogP contribution is -2.10. The van der Waals surface area contributed by atoms with Crippen LogP contribution in [0.3, 0.4) is 0 Å². The fourth-order valence-electron chi connectivity index (χ4n) is 2.61. The van der Waals surface area contributed by atoms with E-state index in [9.17, 15) is 4.79 Å². The summed E-state index contributed by atoms with van der Waals surface area (Å²) in [6.45, 7) is 2.16. The molecule has 1 heterocycles. The van der Waals surface area contributed by atoms with Gasteiger partial charge in [-0.3, -0.25) is 0 Å². The Bertz CT molecular complexity index is 378. The highest BCUT2D eigenvalue weighted by molar-refractivity contribution is 5.88. The standard InChI is InChI=1S/C14H21NO3/c1-2-17-14(16)13-12(18-10-15-13)9-11-7-5-3-4-6-8-11/h10-11H,2-9H2,1H3. The van der Waals surface area contributed by atoms with Crippen LogP contribution < -0.4 is 0 Å². The molecule has 0 bridgehead atoms. The second-order valence-corrected chi connectivity index (χ2v) is 4.91. The van der Waals surface area contributed by atoms with Gasteiger partial charge in [0.05, 0.1) is 6.61 Å². The molecular formula is C14H21NO3. The number of oxazole rings is 1. The van der Waals surface area contributed by atoms with E-state index in [0.29, 0.717) is 24.0 Å². The van der Waals surface area contributed by atoms with Crippen molar-refractivity contribution in [1.29, 1.82) is 0 Å². The van der Waals surface area contributed by atoms with Crippen molar-refractivity contribution in [2.45, 2.75) is 51.9 Å². The first-order valence-electron chi connectivity index (χ1n) is 6.90. The maximum absolute atomic E-state index is 11.7. The quantitative estimate of drug-likeness (QED) is 0.608. The summed E-state index contributed by atoms with van der Waals surface area (Å²) in [6, 6.07) is 0. The van der Waals surface area contributed by atoms with E-state index >= 15 is 0 Å². The van der Waals surface area contributed by atoms with Crippen molar-refractivity contribution in [3.05, 3.63) is 17.8 Å². The Hall–Kier alpha value is -1.32. The van der Waals surface area contributed by atoms with E-state index < -0.39 is 0 Å². The van der Waals surface area contributed by atoms with Gasteiger partial charge in [0.1, 0.15) is 5.76 Å². The molecule has 1 fully saturated rings. The van der Waals surface area contributed by atoms with Gasteiger partial charge >= 0.3 is 5.97 Å². The molecule has 1 saturated carbocycles. The molecule has 4 nitrogen and oxygen atoms in total. The number of hydrogen-bond donors (Lipinski definition) is 0. The number of esters is 1. The number of aromatic nitrogens is 1. The number of ether oxygens (including phenoxy) is 1. The Kier molecular flexibility index (Phi) is 4.79. The van der Waals surface area contributed by atoms with Crippen LogP contribution in [0.15, 0.2) is 10.8 Å². The molecule has 0 aliphatic heterocycles. The van der Waals surface area contributed by atoms with Gasteiger partial charge < -0.3 is 9.15 Å². The zero-order valence-electron chi connectivity index (χ0n) is 11.0. The summed E-state index contributed by atoms with van der Waals surface area (Å²) in [5.74, 6) is 0.948. The summed E-state index contributed by atoms with van der Waals surface area (Å²) in [4.78, 5) is 15.7. The maximum atomic E-state index is 11.7. The molecule has 0 atom stereocenters. The van der Waals surface area contributed by atoms with E-state index in [0.717, 1.165) is 6.42 Å². The molecule has 0 spiro atoms. The van der Waals surface area contributed by atoms with Crippen LogP contribution in [0.25, 0.3) is 0 Å². The van der Waals surface area contributed by atoms with Gasteiger partial charge in [-0.15, -0.1) is 0 Å². The summed E-state index contributed by atoms with van der Waals surface area (Å²) >= 11 is 0. The van der Waals surface area contributed by atoms with Crippen LogP contribution in [0.1, 0.15) is 61.7 Å². The molecule has 0 radical (unpaired) electrons. The first-order valence-corrected chi connectivity index (χ1v) is 6.90. The first-order chi connectivity index (χ1) is 8.81. The number of hydrogen-bond acceptors (Lipinski definition) is 4. The number of carbonyl (C=O) groups is 1. The second-order valence-electron chi connectivity index (χ2n) is 4.91. The van der Waals surface area contributed by atoms with Gasteiger partial charge in [-0.1, -0.05) is 38.5 Å². The van der Waals surface area contributed by atoms with Gasteiger partial charge in [0.15, 0.2) is 12.1 Å². The smallest absolute Gasteiger partial charge is 0.360 e. The van der Waals surface area contributed by atoms with Crippen molar-refractivity contribution in [1.82, 2.24) is 4.98 Å². The van der Waals surface area contributed by atoms with Gasteiger partial charge in [0.2, 0.25) is 0 Å². The predicted molar refractivity (Wildman–Crippen MR) is 67.4 cm³/mol. The molecule has 1 aliphatic rings. The Morgan fingerprint density at radius 1 is 1.39 bits per heavy atom. The predicted octanol–water partition coefficient (Wildman–Crippen LogP) is 3.36. The molecule has 0 aromatic carbocycles. The minimum Gasteiger partial charge on any atom is -0.461 e. The highest BCUT2D eigenvalue weighted by atomic mass is 16.5. The largest absolute Gasteiger partial charge is 0.461 e. The van der Waals surface area contributed by atoms with Crippen LogP contribution in [-0.4, -0.2) is 17.6 Å². The number of rotatable bonds is 4. The fourth-order valence-corrected chi connectivity index (χ4v) is 2.61. The van der Waals surface area contributed by atoms with E-state index in [1.54, 1.807) is 6.92 Å². The highest BCUT2D eigenvalue weighted by Gasteiger charge is 2.21. The van der Waals surface area contributed by atoms with Crippen molar-refractivity contribution in [3.8, 4) is 0 Å². The minimum atomic E-state index is -0.366. The molecule has 0 unspecified atom stereocenters. The van der Waals surface area contributed by atoms with Crippen molar-refractivity contribution in [2.24, 2.45) is 5.92 Å². The Morgan fingerprint density at radius 3 is 2.78 bits per heavy atom. The molecule has 0 saturated heterocycles. The second kappa shape index (κ2) is 6.57. The molecule has 2 rings (SSSR count). The summed E-state index contributed by atoms with van der Waals surface area (Å²) in [6.07, 6.45) is 9.84.